The van der Waals surface area contributed by atoms with Gasteiger partial charge < -0.3 is 14.2 Å². The van der Waals surface area contributed by atoms with Gasteiger partial charge in [0, 0.05) is 35.1 Å². The molecule has 1 saturated heterocycles. The van der Waals surface area contributed by atoms with Gasteiger partial charge >= 0.3 is 0 Å². The standard InChI is InChI=1S/C21H19BrN6O3/c22-16-4-1-14(2-5-16)21-23-20(25-31-21)15-3-6-18-17(13-15)24-26-28(18)8-7-19(29)27-9-11-30-12-10-27/h1-6,13H,7-12H2. The van der Waals surface area contributed by atoms with Gasteiger partial charge in [0.2, 0.25) is 11.7 Å². The third kappa shape index (κ3) is 4.21. The van der Waals surface area contributed by atoms with E-state index in [1.807, 2.05) is 47.4 Å². The average Bonchev–Trinajstić information content (AvgIpc) is 3.46. The molecular weight excluding hydrogens is 464 g/mol. The Labute approximate surface area is 186 Å². The van der Waals surface area contributed by atoms with E-state index in [1.165, 1.54) is 0 Å². The summed E-state index contributed by atoms with van der Waals surface area (Å²) in [6, 6.07) is 13.4. The van der Waals surface area contributed by atoms with E-state index in [9.17, 15) is 4.79 Å². The van der Waals surface area contributed by atoms with Crippen LogP contribution >= 0.6 is 15.9 Å². The molecule has 1 aliphatic heterocycles. The number of hydrogen-bond acceptors (Lipinski definition) is 7. The molecule has 9 nitrogen and oxygen atoms in total. The van der Waals surface area contributed by atoms with Crippen LogP contribution in [0.15, 0.2) is 51.5 Å². The van der Waals surface area contributed by atoms with Crippen molar-refractivity contribution in [3.63, 3.8) is 0 Å². The van der Waals surface area contributed by atoms with Crippen molar-refractivity contribution < 1.29 is 14.1 Å². The van der Waals surface area contributed by atoms with E-state index in [-0.39, 0.29) is 5.91 Å². The molecule has 10 heteroatoms. The molecule has 3 heterocycles. The number of rotatable bonds is 5. The second kappa shape index (κ2) is 8.56. The van der Waals surface area contributed by atoms with Gasteiger partial charge in [0.1, 0.15) is 5.52 Å². The smallest absolute Gasteiger partial charge is 0.258 e. The van der Waals surface area contributed by atoms with Gasteiger partial charge in [0.15, 0.2) is 0 Å². The maximum atomic E-state index is 12.4. The number of benzene rings is 2. The first-order chi connectivity index (χ1) is 15.2. The Morgan fingerprint density at radius 1 is 1.06 bits per heavy atom. The minimum Gasteiger partial charge on any atom is -0.378 e. The van der Waals surface area contributed by atoms with Crippen LogP contribution in [0.1, 0.15) is 6.42 Å². The molecule has 0 saturated carbocycles. The molecule has 0 aliphatic carbocycles. The normalized spacial score (nSPS) is 14.3. The van der Waals surface area contributed by atoms with Crippen LogP contribution in [0.2, 0.25) is 0 Å². The van der Waals surface area contributed by atoms with Gasteiger partial charge in [0.05, 0.1) is 25.3 Å². The third-order valence-corrected chi connectivity index (χ3v) is 5.72. The fourth-order valence-electron chi connectivity index (χ4n) is 3.50. The van der Waals surface area contributed by atoms with Crippen molar-refractivity contribution in [3.8, 4) is 22.8 Å². The van der Waals surface area contributed by atoms with Crippen molar-refractivity contribution in [1.29, 1.82) is 0 Å². The van der Waals surface area contributed by atoms with Crippen LogP contribution in [-0.2, 0) is 16.1 Å². The molecule has 0 bridgehead atoms. The Balaban J connectivity index is 1.31. The molecular formula is C21H19BrN6O3. The van der Waals surface area contributed by atoms with E-state index in [2.05, 4.69) is 36.4 Å². The lowest BCUT2D eigenvalue weighted by molar-refractivity contribution is -0.135. The van der Waals surface area contributed by atoms with E-state index in [4.69, 9.17) is 9.26 Å². The Morgan fingerprint density at radius 2 is 1.84 bits per heavy atom. The highest BCUT2D eigenvalue weighted by atomic mass is 79.9. The van der Waals surface area contributed by atoms with Crippen LogP contribution in [0.4, 0.5) is 0 Å². The number of halogens is 1. The molecule has 0 atom stereocenters. The molecule has 31 heavy (non-hydrogen) atoms. The Morgan fingerprint density at radius 3 is 2.65 bits per heavy atom. The topological polar surface area (TPSA) is 99.2 Å². The monoisotopic (exact) mass is 482 g/mol. The van der Waals surface area contributed by atoms with Gasteiger partial charge in [0.25, 0.3) is 5.89 Å². The van der Waals surface area contributed by atoms with Gasteiger partial charge in [-0.25, -0.2) is 4.68 Å². The van der Waals surface area contributed by atoms with Gasteiger partial charge in [-0.2, -0.15) is 4.98 Å². The lowest BCUT2D eigenvalue weighted by Crippen LogP contribution is -2.41. The van der Waals surface area contributed by atoms with Gasteiger partial charge in [-0.1, -0.05) is 26.3 Å². The lowest BCUT2D eigenvalue weighted by atomic mass is 10.2. The molecule has 1 fully saturated rings. The number of hydrogen-bond donors (Lipinski definition) is 0. The highest BCUT2D eigenvalue weighted by molar-refractivity contribution is 9.10. The van der Waals surface area contributed by atoms with Gasteiger partial charge in [-0.05, 0) is 42.5 Å². The molecule has 0 unspecified atom stereocenters. The van der Waals surface area contributed by atoms with E-state index < -0.39 is 0 Å². The second-order valence-electron chi connectivity index (χ2n) is 7.19. The lowest BCUT2D eigenvalue weighted by Gasteiger charge is -2.26. The van der Waals surface area contributed by atoms with Crippen molar-refractivity contribution in [2.24, 2.45) is 0 Å². The van der Waals surface area contributed by atoms with Crippen LogP contribution in [0.5, 0.6) is 0 Å². The molecule has 5 rings (SSSR count). The summed E-state index contributed by atoms with van der Waals surface area (Å²) < 4.78 is 13.4. The number of aryl methyl sites for hydroxylation is 1. The number of nitrogens with zero attached hydrogens (tertiary/aromatic N) is 6. The van der Waals surface area contributed by atoms with Gasteiger partial charge in [-0.3, -0.25) is 4.79 Å². The fourth-order valence-corrected chi connectivity index (χ4v) is 3.76. The fraction of sp³-hybridized carbons (Fsp3) is 0.286. The quantitative estimate of drug-likeness (QED) is 0.430. The molecule has 1 amide bonds. The van der Waals surface area contributed by atoms with E-state index in [0.29, 0.717) is 56.5 Å². The minimum absolute atomic E-state index is 0.107. The molecule has 4 aromatic rings. The Hall–Kier alpha value is -3.11. The molecule has 1 aliphatic rings. The summed E-state index contributed by atoms with van der Waals surface area (Å²) in [5, 5.41) is 12.6. The minimum atomic E-state index is 0.107. The zero-order chi connectivity index (χ0) is 21.2. The molecule has 158 valence electrons. The first kappa shape index (κ1) is 19.8. The molecule has 2 aromatic heterocycles. The molecule has 2 aromatic carbocycles. The summed E-state index contributed by atoms with van der Waals surface area (Å²) >= 11 is 3.42. The number of carbonyl (C=O) groups excluding carboxylic acids is 1. The number of carbonyl (C=O) groups is 1. The predicted octanol–water partition coefficient (Wildman–Crippen LogP) is 3.16. The molecule has 0 radical (unpaired) electrons. The molecule has 0 spiro atoms. The number of amides is 1. The summed E-state index contributed by atoms with van der Waals surface area (Å²) in [6.45, 7) is 2.96. The first-order valence-electron chi connectivity index (χ1n) is 9.96. The summed E-state index contributed by atoms with van der Waals surface area (Å²) in [6.07, 6.45) is 0.377. The first-order valence-corrected chi connectivity index (χ1v) is 10.8. The highest BCUT2D eigenvalue weighted by Crippen LogP contribution is 2.25. The number of aromatic nitrogens is 5. The van der Waals surface area contributed by atoms with E-state index in [0.717, 1.165) is 21.1 Å². The van der Waals surface area contributed by atoms with Gasteiger partial charge in [-0.15, -0.1) is 5.10 Å². The summed E-state index contributed by atoms with van der Waals surface area (Å²) in [5.74, 6) is 1.04. The second-order valence-corrected chi connectivity index (χ2v) is 8.10. The third-order valence-electron chi connectivity index (χ3n) is 5.19. The summed E-state index contributed by atoms with van der Waals surface area (Å²) in [5.41, 5.74) is 3.21. The number of fused-ring (bicyclic) bond motifs is 1. The maximum Gasteiger partial charge on any atom is 0.258 e. The Kier molecular flexibility index (Phi) is 5.47. The Bertz CT molecular complexity index is 1210. The summed E-state index contributed by atoms with van der Waals surface area (Å²) in [7, 11) is 0. The SMILES string of the molecule is O=C(CCn1nnc2cc(-c3noc(-c4ccc(Br)cc4)n3)ccc21)N1CCOCC1. The maximum absolute atomic E-state index is 12.4. The zero-order valence-electron chi connectivity index (χ0n) is 16.6. The van der Waals surface area contributed by atoms with Crippen LogP contribution in [0.3, 0.4) is 0 Å². The van der Waals surface area contributed by atoms with E-state index >= 15 is 0 Å². The van der Waals surface area contributed by atoms with Crippen molar-refractivity contribution in [3.05, 3.63) is 46.9 Å². The van der Waals surface area contributed by atoms with Crippen LogP contribution < -0.4 is 0 Å². The molecule has 0 N–H and O–H groups in total. The van der Waals surface area contributed by atoms with Crippen molar-refractivity contribution in [2.75, 3.05) is 26.3 Å². The van der Waals surface area contributed by atoms with Crippen LogP contribution in [-0.4, -0.2) is 62.2 Å². The van der Waals surface area contributed by atoms with E-state index in [1.54, 1.807) is 4.68 Å². The van der Waals surface area contributed by atoms with Crippen LogP contribution in [0.25, 0.3) is 33.9 Å². The van der Waals surface area contributed by atoms with Crippen molar-refractivity contribution >= 4 is 32.9 Å². The average molecular weight is 483 g/mol. The zero-order valence-corrected chi connectivity index (χ0v) is 18.2. The summed E-state index contributed by atoms with van der Waals surface area (Å²) in [4.78, 5) is 18.7. The number of morpholine rings is 1. The predicted molar refractivity (Wildman–Crippen MR) is 116 cm³/mol. The largest absolute Gasteiger partial charge is 0.378 e. The number of ether oxygens (including phenoxy) is 1. The van der Waals surface area contributed by atoms with Crippen molar-refractivity contribution in [1.82, 2.24) is 30.0 Å². The van der Waals surface area contributed by atoms with Crippen LogP contribution in [0, 0.1) is 0 Å². The van der Waals surface area contributed by atoms with Crippen molar-refractivity contribution in [2.45, 2.75) is 13.0 Å². The highest BCUT2D eigenvalue weighted by Gasteiger charge is 2.18.